The Kier molecular flexibility index (Phi) is 5.26. The molecule has 0 heterocycles. The van der Waals surface area contributed by atoms with Gasteiger partial charge >= 0.3 is 0 Å². The SMILES string of the molecule is CC(C)CC(CO)NC(=O)C1CCCC1C. The van der Waals surface area contributed by atoms with Crippen LogP contribution in [-0.4, -0.2) is 23.7 Å². The number of amides is 1. The van der Waals surface area contributed by atoms with E-state index in [1.807, 2.05) is 0 Å². The summed E-state index contributed by atoms with van der Waals surface area (Å²) in [5.41, 5.74) is 0. The lowest BCUT2D eigenvalue weighted by Gasteiger charge is -2.22. The number of aliphatic hydroxyl groups excluding tert-OH is 1. The maximum absolute atomic E-state index is 12.0. The fraction of sp³-hybridized carbons (Fsp3) is 0.923. The van der Waals surface area contributed by atoms with Gasteiger partial charge < -0.3 is 10.4 Å². The van der Waals surface area contributed by atoms with Crippen LogP contribution in [0, 0.1) is 17.8 Å². The molecule has 94 valence electrons. The third kappa shape index (κ3) is 3.78. The second kappa shape index (κ2) is 6.24. The summed E-state index contributed by atoms with van der Waals surface area (Å²) in [6.07, 6.45) is 4.18. The monoisotopic (exact) mass is 227 g/mol. The van der Waals surface area contributed by atoms with Gasteiger partial charge in [-0.3, -0.25) is 4.79 Å². The van der Waals surface area contributed by atoms with Crippen molar-refractivity contribution >= 4 is 5.91 Å². The molecule has 3 unspecified atom stereocenters. The van der Waals surface area contributed by atoms with E-state index in [-0.39, 0.29) is 24.5 Å². The van der Waals surface area contributed by atoms with Gasteiger partial charge in [-0.05, 0) is 31.1 Å². The van der Waals surface area contributed by atoms with Gasteiger partial charge in [-0.1, -0.05) is 27.2 Å². The van der Waals surface area contributed by atoms with Crippen LogP contribution in [0.5, 0.6) is 0 Å². The molecule has 1 rings (SSSR count). The molecule has 1 fully saturated rings. The van der Waals surface area contributed by atoms with Crippen LogP contribution in [0.15, 0.2) is 0 Å². The minimum atomic E-state index is -0.0692. The predicted molar refractivity (Wildman–Crippen MR) is 65.0 cm³/mol. The first-order valence-electron chi connectivity index (χ1n) is 6.45. The lowest BCUT2D eigenvalue weighted by Crippen LogP contribution is -2.42. The van der Waals surface area contributed by atoms with Gasteiger partial charge in [0.15, 0.2) is 0 Å². The van der Waals surface area contributed by atoms with Gasteiger partial charge in [0.05, 0.1) is 12.6 Å². The van der Waals surface area contributed by atoms with Gasteiger partial charge in [0.1, 0.15) is 0 Å². The standard InChI is InChI=1S/C13H25NO2/c1-9(2)7-11(8-15)14-13(16)12-6-4-5-10(12)3/h9-12,15H,4-8H2,1-3H3,(H,14,16). The fourth-order valence-electron chi connectivity index (χ4n) is 2.59. The molecule has 3 heteroatoms. The number of aliphatic hydroxyl groups is 1. The molecule has 0 spiro atoms. The highest BCUT2D eigenvalue weighted by molar-refractivity contribution is 5.79. The molecule has 0 bridgehead atoms. The lowest BCUT2D eigenvalue weighted by atomic mass is 9.96. The highest BCUT2D eigenvalue weighted by Crippen LogP contribution is 2.31. The molecular weight excluding hydrogens is 202 g/mol. The molecule has 0 radical (unpaired) electrons. The normalized spacial score (nSPS) is 27.1. The number of hydrogen-bond donors (Lipinski definition) is 2. The molecule has 16 heavy (non-hydrogen) atoms. The predicted octanol–water partition coefficient (Wildman–Crippen LogP) is 1.95. The van der Waals surface area contributed by atoms with Crippen molar-refractivity contribution in [3.05, 3.63) is 0 Å². The Morgan fingerprint density at radius 1 is 1.44 bits per heavy atom. The van der Waals surface area contributed by atoms with E-state index in [1.165, 1.54) is 0 Å². The molecule has 1 saturated carbocycles. The van der Waals surface area contributed by atoms with E-state index in [0.717, 1.165) is 25.7 Å². The topological polar surface area (TPSA) is 49.3 Å². The molecule has 0 saturated heterocycles. The molecule has 1 aliphatic rings. The molecule has 1 aliphatic carbocycles. The maximum atomic E-state index is 12.0. The van der Waals surface area contributed by atoms with E-state index in [2.05, 4.69) is 26.1 Å². The molecule has 3 atom stereocenters. The van der Waals surface area contributed by atoms with E-state index >= 15 is 0 Å². The summed E-state index contributed by atoms with van der Waals surface area (Å²) in [5.74, 6) is 1.31. The average molecular weight is 227 g/mol. The summed E-state index contributed by atoms with van der Waals surface area (Å²) in [4.78, 5) is 12.0. The second-order valence-electron chi connectivity index (χ2n) is 5.53. The first kappa shape index (κ1) is 13.5. The first-order valence-corrected chi connectivity index (χ1v) is 6.45. The third-order valence-electron chi connectivity index (χ3n) is 3.52. The van der Waals surface area contributed by atoms with Gasteiger partial charge in [0.2, 0.25) is 5.91 Å². The molecule has 0 aromatic rings. The second-order valence-corrected chi connectivity index (χ2v) is 5.53. The minimum absolute atomic E-state index is 0.0466. The third-order valence-corrected chi connectivity index (χ3v) is 3.52. The largest absolute Gasteiger partial charge is 0.394 e. The number of rotatable bonds is 5. The fourth-order valence-corrected chi connectivity index (χ4v) is 2.59. The Morgan fingerprint density at radius 3 is 2.56 bits per heavy atom. The van der Waals surface area contributed by atoms with Crippen molar-refractivity contribution < 1.29 is 9.90 Å². The molecule has 0 aliphatic heterocycles. The minimum Gasteiger partial charge on any atom is -0.394 e. The molecule has 0 aromatic carbocycles. The Labute approximate surface area is 98.6 Å². The molecular formula is C13H25NO2. The molecule has 3 nitrogen and oxygen atoms in total. The van der Waals surface area contributed by atoms with Gasteiger partial charge in [0.25, 0.3) is 0 Å². The Morgan fingerprint density at radius 2 is 2.12 bits per heavy atom. The van der Waals surface area contributed by atoms with Crippen molar-refractivity contribution in [3.8, 4) is 0 Å². The smallest absolute Gasteiger partial charge is 0.223 e. The zero-order chi connectivity index (χ0) is 12.1. The van der Waals surface area contributed by atoms with Crippen molar-refractivity contribution in [2.45, 2.75) is 52.5 Å². The Balaban J connectivity index is 2.42. The molecule has 0 aromatic heterocycles. The Bertz CT molecular complexity index is 228. The molecule has 2 N–H and O–H groups in total. The van der Waals surface area contributed by atoms with Gasteiger partial charge in [-0.25, -0.2) is 0 Å². The van der Waals surface area contributed by atoms with Crippen LogP contribution in [0.25, 0.3) is 0 Å². The van der Waals surface area contributed by atoms with Crippen molar-refractivity contribution in [2.75, 3.05) is 6.61 Å². The van der Waals surface area contributed by atoms with E-state index in [1.54, 1.807) is 0 Å². The van der Waals surface area contributed by atoms with E-state index < -0.39 is 0 Å². The summed E-state index contributed by atoms with van der Waals surface area (Å²) in [5, 5.41) is 12.2. The maximum Gasteiger partial charge on any atom is 0.223 e. The van der Waals surface area contributed by atoms with Gasteiger partial charge in [-0.2, -0.15) is 0 Å². The van der Waals surface area contributed by atoms with Crippen molar-refractivity contribution in [1.82, 2.24) is 5.32 Å². The van der Waals surface area contributed by atoms with E-state index in [9.17, 15) is 9.90 Å². The zero-order valence-electron chi connectivity index (χ0n) is 10.7. The summed E-state index contributed by atoms with van der Waals surface area (Å²) < 4.78 is 0. The van der Waals surface area contributed by atoms with Gasteiger partial charge in [-0.15, -0.1) is 0 Å². The average Bonchev–Trinajstić information content (AvgIpc) is 2.62. The highest BCUT2D eigenvalue weighted by Gasteiger charge is 2.30. The van der Waals surface area contributed by atoms with Crippen LogP contribution in [0.1, 0.15) is 46.5 Å². The first-order chi connectivity index (χ1) is 7.54. The van der Waals surface area contributed by atoms with Crippen molar-refractivity contribution in [2.24, 2.45) is 17.8 Å². The van der Waals surface area contributed by atoms with Crippen molar-refractivity contribution in [3.63, 3.8) is 0 Å². The van der Waals surface area contributed by atoms with Crippen molar-refractivity contribution in [1.29, 1.82) is 0 Å². The number of nitrogens with one attached hydrogen (secondary N) is 1. The zero-order valence-corrected chi connectivity index (χ0v) is 10.7. The van der Waals surface area contributed by atoms with Crippen LogP contribution < -0.4 is 5.32 Å². The summed E-state index contributed by atoms with van der Waals surface area (Å²) in [7, 11) is 0. The van der Waals surface area contributed by atoms with Crippen LogP contribution in [-0.2, 0) is 4.79 Å². The summed E-state index contributed by atoms with van der Waals surface area (Å²) >= 11 is 0. The van der Waals surface area contributed by atoms with Crippen LogP contribution in [0.4, 0.5) is 0 Å². The highest BCUT2D eigenvalue weighted by atomic mass is 16.3. The number of carbonyl (C=O) groups is 1. The van der Waals surface area contributed by atoms with Crippen LogP contribution in [0.2, 0.25) is 0 Å². The Hall–Kier alpha value is -0.570. The van der Waals surface area contributed by atoms with Crippen LogP contribution >= 0.6 is 0 Å². The van der Waals surface area contributed by atoms with E-state index in [0.29, 0.717) is 11.8 Å². The van der Waals surface area contributed by atoms with Crippen LogP contribution in [0.3, 0.4) is 0 Å². The van der Waals surface area contributed by atoms with E-state index in [4.69, 9.17) is 0 Å². The quantitative estimate of drug-likeness (QED) is 0.754. The van der Waals surface area contributed by atoms with Gasteiger partial charge in [0, 0.05) is 5.92 Å². The number of carbonyl (C=O) groups excluding carboxylic acids is 1. The number of hydrogen-bond acceptors (Lipinski definition) is 2. The lowest BCUT2D eigenvalue weighted by molar-refractivity contribution is -0.127. The summed E-state index contributed by atoms with van der Waals surface area (Å²) in [6, 6.07) is -0.0692. The molecule has 1 amide bonds. The summed E-state index contributed by atoms with van der Waals surface area (Å²) in [6.45, 7) is 6.40.